The molecule has 2 fully saturated rings. The summed E-state index contributed by atoms with van der Waals surface area (Å²) in [5.74, 6) is 3.98. The minimum absolute atomic E-state index is 0.799. The lowest BCUT2D eigenvalue weighted by Gasteiger charge is -2.38. The van der Waals surface area contributed by atoms with Gasteiger partial charge in [0, 0.05) is 0 Å². The molecule has 0 spiro atoms. The summed E-state index contributed by atoms with van der Waals surface area (Å²) in [5.41, 5.74) is 0. The summed E-state index contributed by atoms with van der Waals surface area (Å²) in [4.78, 5) is 0. The van der Waals surface area contributed by atoms with Crippen LogP contribution in [0.25, 0.3) is 0 Å². The molecule has 94 valence electrons. The molecule has 1 nitrogen and oxygen atoms in total. The molecule has 2 unspecified atom stereocenters. The maximum atomic E-state index is 3.64. The van der Waals surface area contributed by atoms with Gasteiger partial charge in [-0.05, 0) is 56.0 Å². The van der Waals surface area contributed by atoms with Crippen LogP contribution in [0.3, 0.4) is 0 Å². The van der Waals surface area contributed by atoms with Crippen LogP contribution in [0.5, 0.6) is 0 Å². The number of hydrogen-bond acceptors (Lipinski definition) is 1. The van der Waals surface area contributed by atoms with E-state index < -0.39 is 0 Å². The topological polar surface area (TPSA) is 12.0 Å². The van der Waals surface area contributed by atoms with Crippen LogP contribution in [-0.4, -0.2) is 13.1 Å². The van der Waals surface area contributed by atoms with Crippen molar-refractivity contribution in [2.24, 2.45) is 23.7 Å². The van der Waals surface area contributed by atoms with Crippen molar-refractivity contribution in [2.45, 2.75) is 58.8 Å². The van der Waals surface area contributed by atoms with Crippen LogP contribution in [0.15, 0.2) is 0 Å². The van der Waals surface area contributed by atoms with Crippen LogP contribution < -0.4 is 5.32 Å². The zero-order chi connectivity index (χ0) is 11.4. The molecule has 0 aromatic rings. The third kappa shape index (κ3) is 3.48. The maximum Gasteiger partial charge on any atom is -0.00178 e. The summed E-state index contributed by atoms with van der Waals surface area (Å²) in [6, 6.07) is 0. The van der Waals surface area contributed by atoms with E-state index in [4.69, 9.17) is 0 Å². The third-order valence-corrected chi connectivity index (χ3v) is 4.64. The van der Waals surface area contributed by atoms with Gasteiger partial charge in [0.2, 0.25) is 0 Å². The molecule has 16 heavy (non-hydrogen) atoms. The molecule has 2 aliphatic carbocycles. The summed E-state index contributed by atoms with van der Waals surface area (Å²) < 4.78 is 0. The smallest absolute Gasteiger partial charge is 0.00178 e. The zero-order valence-corrected chi connectivity index (χ0v) is 11.2. The van der Waals surface area contributed by atoms with Crippen LogP contribution in [0, 0.1) is 23.7 Å². The lowest BCUT2D eigenvalue weighted by molar-refractivity contribution is 0.137. The van der Waals surface area contributed by atoms with Crippen molar-refractivity contribution < 1.29 is 0 Å². The highest BCUT2D eigenvalue weighted by atomic mass is 14.9. The molecule has 2 atom stereocenters. The van der Waals surface area contributed by atoms with E-state index in [-0.39, 0.29) is 0 Å². The van der Waals surface area contributed by atoms with Gasteiger partial charge in [0.25, 0.3) is 0 Å². The van der Waals surface area contributed by atoms with Crippen molar-refractivity contribution in [1.29, 1.82) is 0 Å². The molecule has 1 heteroatoms. The van der Waals surface area contributed by atoms with Gasteiger partial charge < -0.3 is 5.32 Å². The Hall–Kier alpha value is -0.0400. The first-order chi connectivity index (χ1) is 7.75. The van der Waals surface area contributed by atoms with Gasteiger partial charge in [-0.15, -0.1) is 0 Å². The molecule has 2 aliphatic rings. The second kappa shape index (κ2) is 6.05. The standard InChI is InChI=1S/C15H29N/c1-12(2)10-16-11-15-8-7-14(15)9-13-5-3-4-6-13/h12-16H,3-11H2,1-2H3. The summed E-state index contributed by atoms with van der Waals surface area (Å²) in [7, 11) is 0. The first-order valence-corrected chi connectivity index (χ1v) is 7.46. The SMILES string of the molecule is CC(C)CNCC1CCC1CC1CCCC1. The van der Waals surface area contributed by atoms with Gasteiger partial charge in [0.05, 0.1) is 0 Å². The van der Waals surface area contributed by atoms with E-state index in [0.29, 0.717) is 0 Å². The van der Waals surface area contributed by atoms with E-state index in [2.05, 4.69) is 19.2 Å². The highest BCUT2D eigenvalue weighted by Gasteiger charge is 2.32. The lowest BCUT2D eigenvalue weighted by atomic mass is 9.69. The van der Waals surface area contributed by atoms with Crippen molar-refractivity contribution in [1.82, 2.24) is 5.32 Å². The zero-order valence-electron chi connectivity index (χ0n) is 11.2. The molecule has 1 N–H and O–H groups in total. The van der Waals surface area contributed by atoms with Gasteiger partial charge in [-0.1, -0.05) is 39.5 Å². The number of hydrogen-bond donors (Lipinski definition) is 1. The molecular formula is C15H29N. The summed E-state index contributed by atoms with van der Waals surface area (Å²) >= 11 is 0. The van der Waals surface area contributed by atoms with Crippen LogP contribution >= 0.6 is 0 Å². The van der Waals surface area contributed by atoms with E-state index in [1.165, 1.54) is 51.6 Å². The van der Waals surface area contributed by atoms with E-state index in [1.54, 1.807) is 6.42 Å². The van der Waals surface area contributed by atoms with Crippen LogP contribution in [0.4, 0.5) is 0 Å². The van der Waals surface area contributed by atoms with E-state index in [1.807, 2.05) is 0 Å². The minimum Gasteiger partial charge on any atom is -0.316 e. The second-order valence-electron chi connectivity index (χ2n) is 6.54. The van der Waals surface area contributed by atoms with Gasteiger partial charge in [-0.3, -0.25) is 0 Å². The highest BCUT2D eigenvalue weighted by molar-refractivity contribution is 4.85. The molecule has 0 aromatic heterocycles. The first-order valence-electron chi connectivity index (χ1n) is 7.46. The number of rotatable bonds is 6. The minimum atomic E-state index is 0.799. The third-order valence-electron chi connectivity index (χ3n) is 4.64. The normalized spacial score (nSPS) is 30.9. The van der Waals surface area contributed by atoms with Crippen LogP contribution in [0.2, 0.25) is 0 Å². The number of nitrogens with one attached hydrogen (secondary N) is 1. The van der Waals surface area contributed by atoms with Crippen molar-refractivity contribution in [2.75, 3.05) is 13.1 Å². The average molecular weight is 223 g/mol. The molecule has 0 bridgehead atoms. The molecule has 2 saturated carbocycles. The Morgan fingerprint density at radius 1 is 1.00 bits per heavy atom. The van der Waals surface area contributed by atoms with Gasteiger partial charge in [-0.25, -0.2) is 0 Å². The largest absolute Gasteiger partial charge is 0.316 e. The molecule has 0 aliphatic heterocycles. The lowest BCUT2D eigenvalue weighted by Crippen LogP contribution is -2.37. The summed E-state index contributed by atoms with van der Waals surface area (Å²) in [6.45, 7) is 7.08. The molecule has 0 amide bonds. The highest BCUT2D eigenvalue weighted by Crippen LogP contribution is 2.42. The molecule has 0 heterocycles. The van der Waals surface area contributed by atoms with Gasteiger partial charge in [0.15, 0.2) is 0 Å². The Kier molecular flexibility index (Phi) is 4.69. The van der Waals surface area contributed by atoms with Gasteiger partial charge >= 0.3 is 0 Å². The van der Waals surface area contributed by atoms with Crippen molar-refractivity contribution >= 4 is 0 Å². The Bertz CT molecular complexity index is 194. The molecule has 2 rings (SSSR count). The Morgan fingerprint density at radius 2 is 1.69 bits per heavy atom. The fourth-order valence-corrected chi connectivity index (χ4v) is 3.45. The van der Waals surface area contributed by atoms with Crippen molar-refractivity contribution in [3.8, 4) is 0 Å². The quantitative estimate of drug-likeness (QED) is 0.721. The Morgan fingerprint density at radius 3 is 2.25 bits per heavy atom. The van der Waals surface area contributed by atoms with Crippen molar-refractivity contribution in [3.05, 3.63) is 0 Å². The monoisotopic (exact) mass is 223 g/mol. The predicted octanol–water partition coefficient (Wildman–Crippen LogP) is 3.84. The maximum absolute atomic E-state index is 3.64. The first kappa shape index (κ1) is 12.4. The van der Waals surface area contributed by atoms with E-state index in [0.717, 1.165) is 23.7 Å². The van der Waals surface area contributed by atoms with E-state index in [9.17, 15) is 0 Å². The average Bonchev–Trinajstić information content (AvgIpc) is 2.71. The fourth-order valence-electron chi connectivity index (χ4n) is 3.45. The summed E-state index contributed by atoms with van der Waals surface area (Å²) in [5, 5.41) is 3.64. The molecular weight excluding hydrogens is 194 g/mol. The Balaban J connectivity index is 1.59. The Labute approximate surface area is 101 Å². The van der Waals surface area contributed by atoms with E-state index >= 15 is 0 Å². The molecule has 0 aromatic carbocycles. The van der Waals surface area contributed by atoms with Crippen molar-refractivity contribution in [3.63, 3.8) is 0 Å². The van der Waals surface area contributed by atoms with Crippen LogP contribution in [-0.2, 0) is 0 Å². The molecule has 0 radical (unpaired) electrons. The van der Waals surface area contributed by atoms with Gasteiger partial charge in [-0.2, -0.15) is 0 Å². The second-order valence-corrected chi connectivity index (χ2v) is 6.54. The molecule has 0 saturated heterocycles. The fraction of sp³-hybridized carbons (Fsp3) is 1.00. The van der Waals surface area contributed by atoms with Crippen LogP contribution in [0.1, 0.15) is 58.8 Å². The summed E-state index contributed by atoms with van der Waals surface area (Å²) in [6.07, 6.45) is 10.6. The van der Waals surface area contributed by atoms with Gasteiger partial charge in [0.1, 0.15) is 0 Å². The predicted molar refractivity (Wildman–Crippen MR) is 70.5 cm³/mol.